The van der Waals surface area contributed by atoms with Gasteiger partial charge in [-0.15, -0.1) is 11.8 Å². The molecular weight excluding hydrogens is 220 g/mol. The van der Waals surface area contributed by atoms with E-state index < -0.39 is 11.7 Å². The minimum atomic E-state index is -0.895. The lowest BCUT2D eigenvalue weighted by Gasteiger charge is -2.37. The molecule has 1 aliphatic carbocycles. The second-order valence-corrected chi connectivity index (χ2v) is 6.07. The largest absolute Gasteiger partial charge is 0.390 e. The van der Waals surface area contributed by atoms with E-state index in [0.29, 0.717) is 18.1 Å². The highest BCUT2D eigenvalue weighted by atomic mass is 32.2. The molecule has 0 aliphatic heterocycles. The normalized spacial score (nSPS) is 34.9. The molecule has 1 aliphatic rings. The number of hydrogen-bond acceptors (Lipinski definition) is 3. The van der Waals surface area contributed by atoms with Crippen LogP contribution < -0.4 is 0 Å². The first-order valence-electron chi connectivity index (χ1n) is 5.70. The molecule has 0 saturated heterocycles. The van der Waals surface area contributed by atoms with Gasteiger partial charge in [-0.25, -0.2) is 0 Å². The van der Waals surface area contributed by atoms with Gasteiger partial charge in [0.1, 0.15) is 0 Å². The van der Waals surface area contributed by atoms with Gasteiger partial charge in [-0.05, 0) is 38.3 Å². The fraction of sp³-hybridized carbons (Fsp3) is 0.538. The van der Waals surface area contributed by atoms with Crippen LogP contribution >= 0.6 is 11.8 Å². The summed E-state index contributed by atoms with van der Waals surface area (Å²) in [6.45, 7) is 1.72. The van der Waals surface area contributed by atoms with E-state index in [1.165, 1.54) is 4.90 Å². The summed E-state index contributed by atoms with van der Waals surface area (Å²) >= 11 is 1.80. The Kier molecular flexibility index (Phi) is 3.57. The lowest BCUT2D eigenvalue weighted by molar-refractivity contribution is -0.0848. The summed E-state index contributed by atoms with van der Waals surface area (Å²) in [5.41, 5.74) is -0.895. The van der Waals surface area contributed by atoms with Gasteiger partial charge in [0.25, 0.3) is 0 Å². The number of hydrogen-bond donors (Lipinski definition) is 2. The van der Waals surface area contributed by atoms with Gasteiger partial charge in [0.05, 0.1) is 11.7 Å². The van der Waals surface area contributed by atoms with Crippen molar-refractivity contribution in [1.29, 1.82) is 0 Å². The Labute approximate surface area is 101 Å². The molecule has 1 aromatic carbocycles. The zero-order valence-electron chi connectivity index (χ0n) is 9.47. The van der Waals surface area contributed by atoms with E-state index in [1.807, 2.05) is 18.2 Å². The fourth-order valence-electron chi connectivity index (χ4n) is 2.04. The van der Waals surface area contributed by atoms with Crippen LogP contribution in [0.2, 0.25) is 0 Å². The monoisotopic (exact) mass is 238 g/mol. The topological polar surface area (TPSA) is 40.5 Å². The Morgan fingerprint density at radius 2 is 2.00 bits per heavy atom. The van der Waals surface area contributed by atoms with E-state index in [2.05, 4.69) is 12.1 Å². The molecule has 0 unspecified atom stereocenters. The predicted octanol–water partition coefficient (Wildman–Crippen LogP) is 2.44. The van der Waals surface area contributed by atoms with Crippen LogP contribution in [0.25, 0.3) is 0 Å². The van der Waals surface area contributed by atoms with Crippen molar-refractivity contribution in [3.05, 3.63) is 30.3 Å². The Balaban J connectivity index is 1.94. The first kappa shape index (κ1) is 12.0. The molecule has 0 bridgehead atoms. The Morgan fingerprint density at radius 1 is 1.31 bits per heavy atom. The van der Waals surface area contributed by atoms with Crippen LogP contribution in [0.1, 0.15) is 26.2 Å². The molecule has 1 aromatic rings. The first-order chi connectivity index (χ1) is 7.58. The standard InChI is InChI=1S/C13H18O2S/c1-13(15)8-7-11(9-12(13)14)16-10-5-3-2-4-6-10/h2-6,11-12,14-15H,7-9H2,1H3/t11-,12-,13-/m1/s1. The molecule has 2 nitrogen and oxygen atoms in total. The highest BCUT2D eigenvalue weighted by molar-refractivity contribution is 8.00. The van der Waals surface area contributed by atoms with Crippen molar-refractivity contribution in [2.75, 3.05) is 0 Å². The number of benzene rings is 1. The lowest BCUT2D eigenvalue weighted by atomic mass is 9.83. The molecule has 0 heterocycles. The quantitative estimate of drug-likeness (QED) is 0.831. The lowest BCUT2D eigenvalue weighted by Crippen LogP contribution is -2.45. The van der Waals surface area contributed by atoms with Gasteiger partial charge >= 0.3 is 0 Å². The van der Waals surface area contributed by atoms with Crippen LogP contribution in [-0.4, -0.2) is 27.2 Å². The molecule has 0 spiro atoms. The van der Waals surface area contributed by atoms with Crippen molar-refractivity contribution in [1.82, 2.24) is 0 Å². The molecule has 88 valence electrons. The minimum Gasteiger partial charge on any atom is -0.390 e. The number of aliphatic hydroxyl groups is 2. The van der Waals surface area contributed by atoms with Crippen LogP contribution in [0, 0.1) is 0 Å². The average molecular weight is 238 g/mol. The van der Waals surface area contributed by atoms with Gasteiger partial charge in [-0.1, -0.05) is 18.2 Å². The predicted molar refractivity (Wildman–Crippen MR) is 66.6 cm³/mol. The maximum Gasteiger partial charge on any atom is 0.0878 e. The maximum absolute atomic E-state index is 9.87. The summed E-state index contributed by atoms with van der Waals surface area (Å²) < 4.78 is 0. The number of rotatable bonds is 2. The molecule has 1 fully saturated rings. The molecule has 3 heteroatoms. The molecular formula is C13H18O2S. The van der Waals surface area contributed by atoms with Crippen molar-refractivity contribution in [3.63, 3.8) is 0 Å². The summed E-state index contributed by atoms with van der Waals surface area (Å²) in [4.78, 5) is 1.24. The maximum atomic E-state index is 9.87. The van der Waals surface area contributed by atoms with Crippen molar-refractivity contribution in [3.8, 4) is 0 Å². The van der Waals surface area contributed by atoms with E-state index >= 15 is 0 Å². The fourth-order valence-corrected chi connectivity index (χ4v) is 3.25. The minimum absolute atomic E-state index is 0.414. The van der Waals surface area contributed by atoms with Gasteiger partial charge in [0, 0.05) is 10.1 Å². The van der Waals surface area contributed by atoms with Gasteiger partial charge in [0.2, 0.25) is 0 Å². The average Bonchev–Trinajstić information content (AvgIpc) is 2.26. The molecule has 2 rings (SSSR count). The third kappa shape index (κ3) is 2.78. The van der Waals surface area contributed by atoms with E-state index in [0.717, 1.165) is 6.42 Å². The van der Waals surface area contributed by atoms with E-state index in [1.54, 1.807) is 18.7 Å². The highest BCUT2D eigenvalue weighted by Gasteiger charge is 2.37. The zero-order chi connectivity index (χ0) is 11.6. The van der Waals surface area contributed by atoms with E-state index in [4.69, 9.17) is 0 Å². The summed E-state index contributed by atoms with van der Waals surface area (Å²) in [6, 6.07) is 10.2. The van der Waals surface area contributed by atoms with Gasteiger partial charge in [-0.2, -0.15) is 0 Å². The number of thioether (sulfide) groups is 1. The number of aliphatic hydroxyl groups excluding tert-OH is 1. The SMILES string of the molecule is C[C@@]1(O)CC[C@@H](Sc2ccccc2)C[C@H]1O. The second-order valence-electron chi connectivity index (χ2n) is 4.70. The van der Waals surface area contributed by atoms with Crippen LogP contribution in [0.4, 0.5) is 0 Å². The summed E-state index contributed by atoms with van der Waals surface area (Å²) in [5, 5.41) is 20.1. The van der Waals surface area contributed by atoms with Crippen molar-refractivity contribution in [2.45, 2.75) is 48.0 Å². The Hall–Kier alpha value is -0.510. The van der Waals surface area contributed by atoms with Crippen LogP contribution in [0.15, 0.2) is 35.2 Å². The molecule has 16 heavy (non-hydrogen) atoms. The van der Waals surface area contributed by atoms with Crippen molar-refractivity contribution in [2.24, 2.45) is 0 Å². The molecule has 0 amide bonds. The second kappa shape index (κ2) is 4.78. The highest BCUT2D eigenvalue weighted by Crippen LogP contribution is 2.37. The summed E-state index contributed by atoms with van der Waals surface area (Å²) in [6.07, 6.45) is 1.72. The molecule has 0 radical (unpaired) electrons. The molecule has 3 atom stereocenters. The zero-order valence-corrected chi connectivity index (χ0v) is 10.3. The summed E-state index contributed by atoms with van der Waals surface area (Å²) in [5.74, 6) is 0. The molecule has 2 N–H and O–H groups in total. The summed E-state index contributed by atoms with van der Waals surface area (Å²) in [7, 11) is 0. The smallest absolute Gasteiger partial charge is 0.0878 e. The van der Waals surface area contributed by atoms with Gasteiger partial charge in [-0.3, -0.25) is 0 Å². The Morgan fingerprint density at radius 3 is 2.62 bits per heavy atom. The van der Waals surface area contributed by atoms with Gasteiger partial charge < -0.3 is 10.2 Å². The van der Waals surface area contributed by atoms with Crippen molar-refractivity contribution >= 4 is 11.8 Å². The Bertz CT molecular complexity index is 337. The van der Waals surface area contributed by atoms with E-state index in [9.17, 15) is 10.2 Å². The third-order valence-electron chi connectivity index (χ3n) is 3.22. The third-order valence-corrected chi connectivity index (χ3v) is 4.53. The van der Waals surface area contributed by atoms with Crippen LogP contribution in [0.3, 0.4) is 0 Å². The van der Waals surface area contributed by atoms with Gasteiger partial charge in [0.15, 0.2) is 0 Å². The van der Waals surface area contributed by atoms with Crippen molar-refractivity contribution < 1.29 is 10.2 Å². The van der Waals surface area contributed by atoms with Crippen LogP contribution in [-0.2, 0) is 0 Å². The molecule has 1 saturated carbocycles. The van der Waals surface area contributed by atoms with E-state index in [-0.39, 0.29) is 0 Å². The molecule has 0 aromatic heterocycles. The van der Waals surface area contributed by atoms with Crippen LogP contribution in [0.5, 0.6) is 0 Å². The first-order valence-corrected chi connectivity index (χ1v) is 6.58.